The Morgan fingerprint density at radius 1 is 1.11 bits per heavy atom. The van der Waals surface area contributed by atoms with Crippen LogP contribution in [0.15, 0.2) is 45.8 Å². The standard InChI is InChI=1S/C18H17F3N4O3/c1-17(2,3)27-12-8-9-22-14(13(12)15-24-16(26)28-25-15)23-11-6-4-10(5-7-11)18(19,20)21/h4-9H,1-3H3,(H,22,23)(H,24,25,26). The highest BCUT2D eigenvalue weighted by molar-refractivity contribution is 5.79. The number of pyridine rings is 1. The second kappa shape index (κ2) is 7.02. The maximum atomic E-state index is 12.7. The third-order valence-corrected chi connectivity index (χ3v) is 3.48. The molecule has 0 amide bonds. The van der Waals surface area contributed by atoms with Crippen LogP contribution in [0.1, 0.15) is 26.3 Å². The molecule has 7 nitrogen and oxygen atoms in total. The Balaban J connectivity index is 2.03. The van der Waals surface area contributed by atoms with Gasteiger partial charge in [-0.3, -0.25) is 9.51 Å². The van der Waals surface area contributed by atoms with E-state index >= 15 is 0 Å². The molecule has 148 valence electrons. The molecule has 0 saturated heterocycles. The first-order valence-corrected chi connectivity index (χ1v) is 8.21. The van der Waals surface area contributed by atoms with Gasteiger partial charge in [0.25, 0.3) is 0 Å². The van der Waals surface area contributed by atoms with E-state index in [1.165, 1.54) is 18.3 Å². The predicted octanol–water partition coefficient (Wildman–Crippen LogP) is 4.36. The Morgan fingerprint density at radius 2 is 1.79 bits per heavy atom. The Labute approximate surface area is 157 Å². The van der Waals surface area contributed by atoms with E-state index in [1.807, 2.05) is 20.8 Å². The minimum Gasteiger partial charge on any atom is -0.487 e. The van der Waals surface area contributed by atoms with Crippen LogP contribution in [0.5, 0.6) is 5.75 Å². The van der Waals surface area contributed by atoms with Crippen LogP contribution in [0.3, 0.4) is 0 Å². The fraction of sp³-hybridized carbons (Fsp3) is 0.278. The number of nitrogens with one attached hydrogen (secondary N) is 2. The average molecular weight is 394 g/mol. The molecule has 3 rings (SSSR count). The van der Waals surface area contributed by atoms with Crippen LogP contribution in [-0.4, -0.2) is 20.7 Å². The van der Waals surface area contributed by atoms with Crippen LogP contribution < -0.4 is 15.8 Å². The lowest BCUT2D eigenvalue weighted by Crippen LogP contribution is -2.23. The van der Waals surface area contributed by atoms with Crippen LogP contribution in [0, 0.1) is 0 Å². The number of anilines is 2. The number of alkyl halides is 3. The molecule has 0 aliphatic carbocycles. The molecule has 2 heterocycles. The summed E-state index contributed by atoms with van der Waals surface area (Å²) in [5.41, 5.74) is -0.660. The molecule has 0 aliphatic rings. The summed E-state index contributed by atoms with van der Waals surface area (Å²) in [6.45, 7) is 5.52. The first-order valence-electron chi connectivity index (χ1n) is 8.21. The van der Waals surface area contributed by atoms with Crippen molar-refractivity contribution in [3.8, 4) is 17.1 Å². The van der Waals surface area contributed by atoms with Gasteiger partial charge in [-0.2, -0.15) is 13.2 Å². The number of ether oxygens (including phenoxy) is 1. The zero-order chi connectivity index (χ0) is 20.5. The summed E-state index contributed by atoms with van der Waals surface area (Å²) in [6, 6.07) is 6.05. The molecule has 2 aromatic heterocycles. The summed E-state index contributed by atoms with van der Waals surface area (Å²) in [5.74, 6) is -0.0969. The Hall–Kier alpha value is -3.30. The molecule has 2 N–H and O–H groups in total. The van der Waals surface area contributed by atoms with Crippen molar-refractivity contribution in [2.24, 2.45) is 0 Å². The number of hydrogen-bond acceptors (Lipinski definition) is 6. The number of benzene rings is 1. The number of nitrogens with zero attached hydrogens (tertiary/aromatic N) is 2. The lowest BCUT2D eigenvalue weighted by molar-refractivity contribution is -0.137. The van der Waals surface area contributed by atoms with Gasteiger partial charge in [-0.05, 0) is 51.1 Å². The smallest absolute Gasteiger partial charge is 0.439 e. The zero-order valence-electron chi connectivity index (χ0n) is 15.2. The molecule has 0 atom stereocenters. The summed E-state index contributed by atoms with van der Waals surface area (Å²) >= 11 is 0. The second-order valence-electron chi connectivity index (χ2n) is 6.89. The number of H-pyrrole nitrogens is 1. The highest BCUT2D eigenvalue weighted by atomic mass is 19.4. The maximum Gasteiger partial charge on any atom is 0.439 e. The third-order valence-electron chi connectivity index (χ3n) is 3.48. The number of rotatable bonds is 4. The maximum absolute atomic E-state index is 12.7. The molecule has 28 heavy (non-hydrogen) atoms. The van der Waals surface area contributed by atoms with Crippen molar-refractivity contribution in [2.75, 3.05) is 5.32 Å². The number of aromatic amines is 1. The van der Waals surface area contributed by atoms with Crippen LogP contribution in [0.4, 0.5) is 24.7 Å². The quantitative estimate of drug-likeness (QED) is 0.683. The molecule has 0 spiro atoms. The van der Waals surface area contributed by atoms with Gasteiger partial charge in [-0.1, -0.05) is 5.16 Å². The van der Waals surface area contributed by atoms with E-state index in [0.717, 1.165) is 12.1 Å². The zero-order valence-corrected chi connectivity index (χ0v) is 15.2. The average Bonchev–Trinajstić information content (AvgIpc) is 2.99. The highest BCUT2D eigenvalue weighted by Crippen LogP contribution is 2.37. The van der Waals surface area contributed by atoms with Crippen molar-refractivity contribution in [1.82, 2.24) is 15.1 Å². The largest absolute Gasteiger partial charge is 0.487 e. The Bertz CT molecular complexity index is 1020. The van der Waals surface area contributed by atoms with Crippen molar-refractivity contribution in [1.29, 1.82) is 0 Å². The normalized spacial score (nSPS) is 12.1. The van der Waals surface area contributed by atoms with Crippen LogP contribution in [0.2, 0.25) is 0 Å². The molecule has 0 aliphatic heterocycles. The summed E-state index contributed by atoms with van der Waals surface area (Å²) in [5, 5.41) is 6.60. The van der Waals surface area contributed by atoms with E-state index in [2.05, 4.69) is 25.0 Å². The van der Waals surface area contributed by atoms with E-state index in [0.29, 0.717) is 17.0 Å². The summed E-state index contributed by atoms with van der Waals surface area (Å²) < 4.78 is 48.7. The molecule has 0 bridgehead atoms. The molecule has 0 fully saturated rings. The Kier molecular flexibility index (Phi) is 4.88. The topological polar surface area (TPSA) is 93.0 Å². The number of aromatic nitrogens is 3. The molecule has 10 heteroatoms. The van der Waals surface area contributed by atoms with Crippen LogP contribution >= 0.6 is 0 Å². The molecule has 0 saturated carbocycles. The van der Waals surface area contributed by atoms with Gasteiger partial charge in [0.2, 0.25) is 0 Å². The van der Waals surface area contributed by atoms with E-state index in [4.69, 9.17) is 4.74 Å². The molecular weight excluding hydrogens is 377 g/mol. The van der Waals surface area contributed by atoms with Gasteiger partial charge in [0, 0.05) is 11.9 Å². The van der Waals surface area contributed by atoms with Crippen LogP contribution in [-0.2, 0) is 6.18 Å². The van der Waals surface area contributed by atoms with E-state index in [-0.39, 0.29) is 11.6 Å². The fourth-order valence-corrected chi connectivity index (χ4v) is 2.40. The summed E-state index contributed by atoms with van der Waals surface area (Å²) in [6.07, 6.45) is -2.96. The highest BCUT2D eigenvalue weighted by Gasteiger charge is 2.30. The lowest BCUT2D eigenvalue weighted by Gasteiger charge is -2.23. The van der Waals surface area contributed by atoms with Gasteiger partial charge in [-0.25, -0.2) is 9.78 Å². The molecule has 3 aromatic rings. The predicted molar refractivity (Wildman–Crippen MR) is 95.5 cm³/mol. The molecular formula is C18H17F3N4O3. The first-order chi connectivity index (χ1) is 13.0. The number of halogens is 3. The summed E-state index contributed by atoms with van der Waals surface area (Å²) in [7, 11) is 0. The third kappa shape index (κ3) is 4.51. The minimum absolute atomic E-state index is 0.0757. The minimum atomic E-state index is -4.43. The van der Waals surface area contributed by atoms with Crippen LogP contribution in [0.25, 0.3) is 11.4 Å². The Morgan fingerprint density at radius 3 is 2.32 bits per heavy atom. The van der Waals surface area contributed by atoms with Crippen molar-refractivity contribution < 1.29 is 22.4 Å². The van der Waals surface area contributed by atoms with Gasteiger partial charge in [0.1, 0.15) is 22.7 Å². The number of hydrogen-bond donors (Lipinski definition) is 2. The van der Waals surface area contributed by atoms with Gasteiger partial charge < -0.3 is 10.1 Å². The van der Waals surface area contributed by atoms with Crippen molar-refractivity contribution in [2.45, 2.75) is 32.5 Å². The molecule has 1 aromatic carbocycles. The SMILES string of the molecule is CC(C)(C)Oc1ccnc(Nc2ccc(C(F)(F)F)cc2)c1-c1noc(=O)[nH]1. The van der Waals surface area contributed by atoms with E-state index < -0.39 is 23.1 Å². The lowest BCUT2D eigenvalue weighted by atomic mass is 10.1. The monoisotopic (exact) mass is 394 g/mol. The van der Waals surface area contributed by atoms with E-state index in [9.17, 15) is 18.0 Å². The summed E-state index contributed by atoms with van der Waals surface area (Å²) in [4.78, 5) is 18.0. The van der Waals surface area contributed by atoms with Gasteiger partial charge >= 0.3 is 11.9 Å². The molecule has 0 radical (unpaired) electrons. The van der Waals surface area contributed by atoms with Gasteiger partial charge in [0.05, 0.1) is 5.56 Å². The first kappa shape index (κ1) is 19.5. The van der Waals surface area contributed by atoms with Crippen molar-refractivity contribution >= 4 is 11.5 Å². The van der Waals surface area contributed by atoms with Crippen molar-refractivity contribution in [3.05, 3.63) is 52.6 Å². The fourth-order valence-electron chi connectivity index (χ4n) is 2.40. The second-order valence-corrected chi connectivity index (χ2v) is 6.89. The van der Waals surface area contributed by atoms with Gasteiger partial charge in [-0.15, -0.1) is 0 Å². The van der Waals surface area contributed by atoms with Gasteiger partial charge in [0.15, 0.2) is 5.82 Å². The van der Waals surface area contributed by atoms with Crippen molar-refractivity contribution in [3.63, 3.8) is 0 Å². The van der Waals surface area contributed by atoms with E-state index in [1.54, 1.807) is 6.07 Å². The molecule has 0 unspecified atom stereocenters.